The van der Waals surface area contributed by atoms with Gasteiger partial charge in [-0.3, -0.25) is 20.4 Å². The zero-order valence-electron chi connectivity index (χ0n) is 12.4. The first-order valence-corrected chi connectivity index (χ1v) is 6.75. The summed E-state index contributed by atoms with van der Waals surface area (Å²) in [5.41, 5.74) is 7.52. The molecule has 22 heavy (non-hydrogen) atoms. The first-order valence-electron chi connectivity index (χ1n) is 6.75. The van der Waals surface area contributed by atoms with Crippen LogP contribution in [0.2, 0.25) is 0 Å². The topological polar surface area (TPSA) is 96.5 Å². The second-order valence-electron chi connectivity index (χ2n) is 4.87. The molecule has 1 aromatic carbocycles. The van der Waals surface area contributed by atoms with Crippen molar-refractivity contribution in [2.45, 2.75) is 20.3 Å². The van der Waals surface area contributed by atoms with Gasteiger partial charge in [0.05, 0.1) is 0 Å². The van der Waals surface area contributed by atoms with Crippen molar-refractivity contribution in [1.29, 1.82) is 0 Å². The van der Waals surface area contributed by atoms with Gasteiger partial charge in [-0.1, -0.05) is 12.1 Å². The molecule has 0 saturated carbocycles. The minimum absolute atomic E-state index is 0.0894. The summed E-state index contributed by atoms with van der Waals surface area (Å²) in [5.74, 6) is -1.37. The molecule has 0 bridgehead atoms. The fourth-order valence-corrected chi connectivity index (χ4v) is 1.85. The third-order valence-electron chi connectivity index (χ3n) is 3.26. The summed E-state index contributed by atoms with van der Waals surface area (Å²) < 4.78 is 4.89. The first-order chi connectivity index (χ1) is 10.5. The molecule has 0 aliphatic carbocycles. The second kappa shape index (κ2) is 6.75. The lowest BCUT2D eigenvalue weighted by Gasteiger charge is -2.15. The minimum atomic E-state index is -0.698. The van der Waals surface area contributed by atoms with Crippen LogP contribution in [0, 0.1) is 13.8 Å². The van der Waals surface area contributed by atoms with Crippen molar-refractivity contribution < 1.29 is 19.1 Å². The Morgan fingerprint density at radius 1 is 1.27 bits per heavy atom. The summed E-state index contributed by atoms with van der Waals surface area (Å²) in [4.78, 5) is 34.4. The van der Waals surface area contributed by atoms with Gasteiger partial charge in [0.1, 0.15) is 5.70 Å². The molecule has 1 heterocycles. The fraction of sp³-hybridized carbons (Fsp3) is 0.267. The SMILES string of the molecule is Cc1cccc(NC(=O)COC(=O)C2=CCC(=O)NN2)c1C. The Morgan fingerprint density at radius 2 is 2.05 bits per heavy atom. The highest BCUT2D eigenvalue weighted by Gasteiger charge is 2.17. The van der Waals surface area contributed by atoms with E-state index in [2.05, 4.69) is 16.2 Å². The van der Waals surface area contributed by atoms with Crippen LogP contribution in [0.3, 0.4) is 0 Å². The Hall–Kier alpha value is -2.83. The van der Waals surface area contributed by atoms with Crippen molar-refractivity contribution in [3.05, 3.63) is 41.1 Å². The number of hydrazine groups is 1. The number of esters is 1. The molecule has 0 aromatic heterocycles. The summed E-state index contributed by atoms with van der Waals surface area (Å²) in [7, 11) is 0. The standard InChI is InChI=1S/C15H17N3O4/c1-9-4-3-5-11(10(9)2)16-14(20)8-22-15(21)12-6-7-13(19)18-17-12/h3-6,17H,7-8H2,1-2H3,(H,16,20)(H,18,19). The largest absolute Gasteiger partial charge is 0.451 e. The van der Waals surface area contributed by atoms with Gasteiger partial charge in [-0.25, -0.2) is 4.79 Å². The van der Waals surface area contributed by atoms with Crippen molar-refractivity contribution in [3.63, 3.8) is 0 Å². The zero-order valence-corrected chi connectivity index (χ0v) is 12.4. The number of ether oxygens (including phenoxy) is 1. The van der Waals surface area contributed by atoms with Crippen molar-refractivity contribution in [1.82, 2.24) is 10.9 Å². The Bertz CT molecular complexity index is 652. The maximum Gasteiger partial charge on any atom is 0.356 e. The van der Waals surface area contributed by atoms with Gasteiger partial charge < -0.3 is 10.1 Å². The maximum atomic E-state index is 11.8. The van der Waals surface area contributed by atoms with Gasteiger partial charge in [-0.2, -0.15) is 0 Å². The number of hydrogen-bond acceptors (Lipinski definition) is 5. The lowest BCUT2D eigenvalue weighted by Crippen LogP contribution is -2.42. The van der Waals surface area contributed by atoms with Crippen molar-refractivity contribution in [2.24, 2.45) is 0 Å². The molecule has 1 aliphatic heterocycles. The van der Waals surface area contributed by atoms with E-state index in [1.165, 1.54) is 6.08 Å². The van der Waals surface area contributed by atoms with E-state index < -0.39 is 18.5 Å². The highest BCUT2D eigenvalue weighted by atomic mass is 16.5. The average Bonchev–Trinajstić information content (AvgIpc) is 2.50. The molecule has 0 fully saturated rings. The van der Waals surface area contributed by atoms with Gasteiger partial charge in [-0.15, -0.1) is 0 Å². The maximum absolute atomic E-state index is 11.8. The Balaban J connectivity index is 1.86. The molecule has 1 aliphatic rings. The molecular weight excluding hydrogens is 286 g/mol. The van der Waals surface area contributed by atoms with E-state index in [1.807, 2.05) is 26.0 Å². The van der Waals surface area contributed by atoms with Crippen molar-refractivity contribution >= 4 is 23.5 Å². The number of carbonyl (C=O) groups excluding carboxylic acids is 3. The van der Waals surface area contributed by atoms with E-state index in [4.69, 9.17) is 4.74 Å². The monoisotopic (exact) mass is 303 g/mol. The quantitative estimate of drug-likeness (QED) is 0.711. The van der Waals surface area contributed by atoms with E-state index in [0.717, 1.165) is 11.1 Å². The normalized spacial score (nSPS) is 13.5. The van der Waals surface area contributed by atoms with Crippen LogP contribution in [0.4, 0.5) is 5.69 Å². The molecule has 2 rings (SSSR count). The number of carbonyl (C=O) groups is 3. The van der Waals surface area contributed by atoms with E-state index >= 15 is 0 Å². The molecule has 0 spiro atoms. The number of rotatable bonds is 4. The van der Waals surface area contributed by atoms with Crippen LogP contribution < -0.4 is 16.2 Å². The summed E-state index contributed by atoms with van der Waals surface area (Å²) in [5, 5.41) is 2.69. The van der Waals surface area contributed by atoms with Gasteiger partial charge in [-0.05, 0) is 37.1 Å². The molecule has 7 nitrogen and oxygen atoms in total. The Labute approximate surface area is 127 Å². The smallest absolute Gasteiger partial charge is 0.356 e. The molecule has 0 radical (unpaired) electrons. The van der Waals surface area contributed by atoms with Crippen LogP contribution >= 0.6 is 0 Å². The lowest BCUT2D eigenvalue weighted by molar-refractivity contribution is -0.144. The highest BCUT2D eigenvalue weighted by Crippen LogP contribution is 2.17. The molecule has 0 unspecified atom stereocenters. The predicted molar refractivity (Wildman–Crippen MR) is 79.5 cm³/mol. The zero-order chi connectivity index (χ0) is 16.1. The minimum Gasteiger partial charge on any atom is -0.451 e. The van der Waals surface area contributed by atoms with Gasteiger partial charge in [0.25, 0.3) is 5.91 Å². The van der Waals surface area contributed by atoms with Gasteiger partial charge in [0.15, 0.2) is 6.61 Å². The molecule has 0 atom stereocenters. The summed E-state index contributed by atoms with van der Waals surface area (Å²) in [6.45, 7) is 3.44. The number of hydrogen-bond donors (Lipinski definition) is 3. The lowest BCUT2D eigenvalue weighted by atomic mass is 10.1. The average molecular weight is 303 g/mol. The number of anilines is 1. The summed E-state index contributed by atoms with van der Waals surface area (Å²) in [6.07, 6.45) is 1.50. The fourth-order valence-electron chi connectivity index (χ4n) is 1.85. The van der Waals surface area contributed by atoms with Crippen LogP contribution in [0.1, 0.15) is 17.5 Å². The van der Waals surface area contributed by atoms with Crippen LogP contribution in [-0.2, 0) is 19.1 Å². The van der Waals surface area contributed by atoms with E-state index in [0.29, 0.717) is 5.69 Å². The van der Waals surface area contributed by atoms with Crippen LogP contribution in [0.25, 0.3) is 0 Å². The van der Waals surface area contributed by atoms with Crippen molar-refractivity contribution in [3.8, 4) is 0 Å². The van der Waals surface area contributed by atoms with Crippen LogP contribution in [-0.4, -0.2) is 24.4 Å². The second-order valence-corrected chi connectivity index (χ2v) is 4.87. The Morgan fingerprint density at radius 3 is 2.73 bits per heavy atom. The van der Waals surface area contributed by atoms with Crippen LogP contribution in [0.5, 0.6) is 0 Å². The van der Waals surface area contributed by atoms with E-state index in [-0.39, 0.29) is 18.0 Å². The van der Waals surface area contributed by atoms with Gasteiger partial charge >= 0.3 is 5.97 Å². The van der Waals surface area contributed by atoms with E-state index in [9.17, 15) is 14.4 Å². The van der Waals surface area contributed by atoms with Crippen LogP contribution in [0.15, 0.2) is 30.0 Å². The number of nitrogens with one attached hydrogen (secondary N) is 3. The summed E-state index contributed by atoms with van der Waals surface area (Å²) in [6, 6.07) is 5.56. The molecular formula is C15H17N3O4. The molecule has 3 N–H and O–H groups in total. The molecule has 0 saturated heterocycles. The third kappa shape index (κ3) is 3.85. The van der Waals surface area contributed by atoms with Gasteiger partial charge in [0, 0.05) is 12.1 Å². The first kappa shape index (κ1) is 15.6. The molecule has 116 valence electrons. The molecule has 2 amide bonds. The van der Waals surface area contributed by atoms with E-state index in [1.54, 1.807) is 6.07 Å². The number of aryl methyl sites for hydroxylation is 1. The molecule has 1 aromatic rings. The number of benzene rings is 1. The highest BCUT2D eigenvalue weighted by molar-refractivity contribution is 5.96. The molecule has 7 heteroatoms. The third-order valence-corrected chi connectivity index (χ3v) is 3.26. The summed E-state index contributed by atoms with van der Waals surface area (Å²) >= 11 is 0. The predicted octanol–water partition coefficient (Wildman–Crippen LogP) is 0.694. The number of amides is 2. The van der Waals surface area contributed by atoms with Gasteiger partial charge in [0.2, 0.25) is 5.91 Å². The Kier molecular flexibility index (Phi) is 4.77. The van der Waals surface area contributed by atoms with Crippen molar-refractivity contribution in [2.75, 3.05) is 11.9 Å².